The van der Waals surface area contributed by atoms with Gasteiger partial charge in [-0.15, -0.1) is 0 Å². The van der Waals surface area contributed by atoms with Crippen molar-refractivity contribution in [1.29, 1.82) is 0 Å². The van der Waals surface area contributed by atoms with Gasteiger partial charge in [-0.1, -0.05) is 6.92 Å². The van der Waals surface area contributed by atoms with Crippen LogP contribution in [-0.2, 0) is 9.59 Å². The maximum Gasteiger partial charge on any atom is 0.253 e. The van der Waals surface area contributed by atoms with Crippen LogP contribution < -0.4 is 9.80 Å². The van der Waals surface area contributed by atoms with E-state index in [1.54, 1.807) is 25.1 Å². The highest BCUT2D eigenvalue weighted by Crippen LogP contribution is 2.40. The molecule has 3 aliphatic heterocycles. The molecule has 0 N–H and O–H groups in total. The van der Waals surface area contributed by atoms with Crippen LogP contribution in [0, 0.1) is 0 Å². The molecule has 32 heavy (non-hydrogen) atoms. The summed E-state index contributed by atoms with van der Waals surface area (Å²) < 4.78 is 0. The fourth-order valence-corrected chi connectivity index (χ4v) is 5.08. The average Bonchev–Trinajstić information content (AvgIpc) is 2.81. The van der Waals surface area contributed by atoms with Crippen LogP contribution in [0.1, 0.15) is 43.0 Å². The van der Waals surface area contributed by atoms with Crippen LogP contribution in [0.3, 0.4) is 0 Å². The smallest absolute Gasteiger partial charge is 0.253 e. The summed E-state index contributed by atoms with van der Waals surface area (Å²) in [6, 6.07) is 5.33. The number of nitrogens with zero attached hydrogens (tertiary/aromatic N) is 5. The maximum absolute atomic E-state index is 13.5. The molecular formula is C24H35N5O3. The zero-order valence-corrected chi connectivity index (χ0v) is 19.5. The van der Waals surface area contributed by atoms with Gasteiger partial charge in [-0.25, -0.2) is 0 Å². The van der Waals surface area contributed by atoms with Crippen molar-refractivity contribution in [3.05, 3.63) is 23.8 Å². The normalized spacial score (nSPS) is 21.3. The van der Waals surface area contributed by atoms with Crippen molar-refractivity contribution in [2.45, 2.75) is 38.6 Å². The summed E-state index contributed by atoms with van der Waals surface area (Å²) in [5.41, 5.74) is 2.16. The average molecular weight is 442 g/mol. The van der Waals surface area contributed by atoms with E-state index in [2.05, 4.69) is 16.7 Å². The third-order valence-electron chi connectivity index (χ3n) is 6.84. The van der Waals surface area contributed by atoms with E-state index in [-0.39, 0.29) is 30.3 Å². The molecule has 8 nitrogen and oxygen atoms in total. The zero-order chi connectivity index (χ0) is 22.8. The molecule has 1 aromatic rings. The first-order valence-electron chi connectivity index (χ1n) is 11.8. The molecular weight excluding hydrogens is 406 g/mol. The number of fused-ring (bicyclic) bond motifs is 3. The number of piperidine rings is 1. The summed E-state index contributed by atoms with van der Waals surface area (Å²) in [5, 5.41) is 0. The molecule has 174 valence electrons. The molecule has 8 heteroatoms. The number of hydrogen-bond acceptors (Lipinski definition) is 5. The number of carbonyl (C=O) groups excluding carboxylic acids is 3. The van der Waals surface area contributed by atoms with E-state index in [1.165, 1.54) is 4.90 Å². The Labute approximate surface area is 190 Å². The third-order valence-corrected chi connectivity index (χ3v) is 6.84. The lowest BCUT2D eigenvalue weighted by Crippen LogP contribution is -2.58. The van der Waals surface area contributed by atoms with Crippen molar-refractivity contribution < 1.29 is 14.4 Å². The minimum atomic E-state index is -0.221. The summed E-state index contributed by atoms with van der Waals surface area (Å²) in [4.78, 5) is 48.9. The summed E-state index contributed by atoms with van der Waals surface area (Å²) in [6.45, 7) is 7.23. The van der Waals surface area contributed by atoms with Crippen molar-refractivity contribution >= 4 is 29.1 Å². The number of amides is 3. The standard InChI is InChI=1S/C24H35N5O3/c1-4-10-26-12-14-27(15-13-26)22(30)17-29-21-16-18(23(31)25(2)3)8-9-19(21)28-11-6-5-7-20(28)24(29)32/h8-9,16,20H,4-7,10-15,17H2,1-3H3/t20-/m1/s1. The Balaban J connectivity index is 1.59. The Morgan fingerprint density at radius 3 is 2.47 bits per heavy atom. The SMILES string of the molecule is CCCN1CCN(C(=O)CN2C(=O)[C@H]3CCCCN3c3ccc(C(=O)N(C)C)cc32)CC1. The fourth-order valence-electron chi connectivity index (χ4n) is 5.08. The first-order valence-corrected chi connectivity index (χ1v) is 11.8. The quantitative estimate of drug-likeness (QED) is 0.695. The molecule has 0 unspecified atom stereocenters. The summed E-state index contributed by atoms with van der Waals surface area (Å²) in [7, 11) is 3.43. The second-order valence-electron chi connectivity index (χ2n) is 9.25. The van der Waals surface area contributed by atoms with E-state index in [4.69, 9.17) is 0 Å². The van der Waals surface area contributed by atoms with Crippen molar-refractivity contribution in [1.82, 2.24) is 14.7 Å². The van der Waals surface area contributed by atoms with Crippen LogP contribution in [0.5, 0.6) is 0 Å². The van der Waals surface area contributed by atoms with E-state index in [9.17, 15) is 14.4 Å². The summed E-state index contributed by atoms with van der Waals surface area (Å²) in [5.74, 6) is -0.155. The lowest BCUT2D eigenvalue weighted by atomic mass is 9.95. The van der Waals surface area contributed by atoms with Gasteiger partial charge in [-0.3, -0.25) is 24.2 Å². The van der Waals surface area contributed by atoms with E-state index < -0.39 is 0 Å². The predicted octanol–water partition coefficient (Wildman–Crippen LogP) is 1.65. The van der Waals surface area contributed by atoms with Crippen molar-refractivity contribution in [2.75, 3.05) is 69.7 Å². The van der Waals surface area contributed by atoms with Crippen LogP contribution in [0.15, 0.2) is 18.2 Å². The van der Waals surface area contributed by atoms with Crippen LogP contribution in [0.2, 0.25) is 0 Å². The highest BCUT2D eigenvalue weighted by Gasteiger charge is 2.41. The molecule has 3 heterocycles. The van der Waals surface area contributed by atoms with Gasteiger partial charge in [0.15, 0.2) is 0 Å². The molecule has 0 aliphatic carbocycles. The molecule has 4 rings (SSSR count). The van der Waals surface area contributed by atoms with E-state index in [0.717, 1.165) is 57.5 Å². The number of benzene rings is 1. The summed E-state index contributed by atoms with van der Waals surface area (Å²) >= 11 is 0. The number of anilines is 2. The fraction of sp³-hybridized carbons (Fsp3) is 0.625. The number of carbonyl (C=O) groups is 3. The van der Waals surface area contributed by atoms with E-state index in [1.807, 2.05) is 17.0 Å². The Kier molecular flexibility index (Phi) is 6.69. The lowest BCUT2D eigenvalue weighted by Gasteiger charge is -2.45. The monoisotopic (exact) mass is 441 g/mol. The second-order valence-corrected chi connectivity index (χ2v) is 9.25. The van der Waals surface area contributed by atoms with Crippen LogP contribution >= 0.6 is 0 Å². The highest BCUT2D eigenvalue weighted by molar-refractivity contribution is 6.09. The number of rotatable bonds is 5. The Morgan fingerprint density at radius 1 is 1.03 bits per heavy atom. The minimum absolute atomic E-state index is 0.0194. The van der Waals surface area contributed by atoms with Gasteiger partial charge in [-0.05, 0) is 50.4 Å². The third kappa shape index (κ3) is 4.33. The minimum Gasteiger partial charge on any atom is -0.358 e. The summed E-state index contributed by atoms with van der Waals surface area (Å²) in [6.07, 6.45) is 3.97. The second kappa shape index (κ2) is 9.48. The molecule has 0 aromatic heterocycles. The van der Waals surface area contributed by atoms with Gasteiger partial charge < -0.3 is 14.7 Å². The van der Waals surface area contributed by atoms with Gasteiger partial charge in [0.1, 0.15) is 12.6 Å². The molecule has 0 spiro atoms. The molecule has 1 aromatic carbocycles. The highest BCUT2D eigenvalue weighted by atomic mass is 16.2. The molecule has 0 radical (unpaired) electrons. The van der Waals surface area contributed by atoms with Gasteiger partial charge in [0, 0.05) is 52.4 Å². The molecule has 2 saturated heterocycles. The first kappa shape index (κ1) is 22.6. The van der Waals surface area contributed by atoms with Gasteiger partial charge in [-0.2, -0.15) is 0 Å². The van der Waals surface area contributed by atoms with Crippen molar-refractivity contribution in [3.63, 3.8) is 0 Å². The Bertz CT molecular complexity index is 878. The lowest BCUT2D eigenvalue weighted by molar-refractivity contribution is -0.133. The Morgan fingerprint density at radius 2 is 1.78 bits per heavy atom. The molecule has 3 amide bonds. The molecule has 2 fully saturated rings. The van der Waals surface area contributed by atoms with Crippen LogP contribution in [0.4, 0.5) is 11.4 Å². The number of piperazine rings is 1. The zero-order valence-electron chi connectivity index (χ0n) is 19.5. The molecule has 1 atom stereocenters. The number of hydrogen-bond donors (Lipinski definition) is 0. The predicted molar refractivity (Wildman–Crippen MR) is 125 cm³/mol. The largest absolute Gasteiger partial charge is 0.358 e. The molecule has 3 aliphatic rings. The van der Waals surface area contributed by atoms with Gasteiger partial charge in [0.25, 0.3) is 5.91 Å². The Hall–Kier alpha value is -2.61. The van der Waals surface area contributed by atoms with E-state index >= 15 is 0 Å². The van der Waals surface area contributed by atoms with Gasteiger partial charge in [0.05, 0.1) is 11.4 Å². The maximum atomic E-state index is 13.5. The van der Waals surface area contributed by atoms with Gasteiger partial charge in [0.2, 0.25) is 11.8 Å². The van der Waals surface area contributed by atoms with Crippen molar-refractivity contribution in [3.8, 4) is 0 Å². The van der Waals surface area contributed by atoms with Crippen LogP contribution in [-0.4, -0.2) is 98.4 Å². The topological polar surface area (TPSA) is 67.4 Å². The van der Waals surface area contributed by atoms with Crippen molar-refractivity contribution in [2.24, 2.45) is 0 Å². The van der Waals surface area contributed by atoms with Gasteiger partial charge >= 0.3 is 0 Å². The molecule has 0 saturated carbocycles. The van der Waals surface area contributed by atoms with Crippen LogP contribution in [0.25, 0.3) is 0 Å². The molecule has 0 bridgehead atoms. The van der Waals surface area contributed by atoms with E-state index in [0.29, 0.717) is 24.3 Å². The first-order chi connectivity index (χ1) is 15.4.